The highest BCUT2D eigenvalue weighted by atomic mass is 35.5. The first-order valence-electron chi connectivity index (χ1n) is 17.4. The van der Waals surface area contributed by atoms with Gasteiger partial charge in [0.1, 0.15) is 18.9 Å². The smallest absolute Gasteiger partial charge is 0.323 e. The van der Waals surface area contributed by atoms with Gasteiger partial charge in [-0.2, -0.15) is 0 Å². The maximum Gasteiger partial charge on any atom is 0.323 e. The first kappa shape index (κ1) is 41.3. The van der Waals surface area contributed by atoms with Crippen LogP contribution in [-0.2, 0) is 62.3 Å². The number of nitrogens with zero attached hydrogens (tertiary/aromatic N) is 4. The van der Waals surface area contributed by atoms with Crippen molar-refractivity contribution in [2.75, 3.05) is 22.9 Å². The van der Waals surface area contributed by atoms with Gasteiger partial charge >= 0.3 is 11.9 Å². The first-order valence-corrected chi connectivity index (χ1v) is 19.0. The van der Waals surface area contributed by atoms with Crippen molar-refractivity contribution in [3.05, 3.63) is 127 Å². The number of aliphatic carboxylic acids is 2. The Labute approximate surface area is 353 Å². The molecule has 302 valence electrons. The molecular weight excluding hydrogens is 857 g/mol. The number of hydrogen-bond donors (Lipinski definition) is 2. The van der Waals surface area contributed by atoms with E-state index in [0.29, 0.717) is 10.6 Å². The van der Waals surface area contributed by atoms with E-state index in [4.69, 9.17) is 46.4 Å². The summed E-state index contributed by atoms with van der Waals surface area (Å²) in [5.74, 6) is -7.38. The number of benzene rings is 4. The molecular formula is C40H27Cl4FN4O10. The normalized spacial score (nSPS) is 20.6. The van der Waals surface area contributed by atoms with Crippen LogP contribution in [0.3, 0.4) is 0 Å². The molecule has 0 radical (unpaired) electrons. The SMILES string of the molecule is O=C(O)CN1C(=O)C2(CC(=O)N(Cc3ccc(Cl)c(Cl)c3)C2=O)c2cc(Cl)ccc21.O=C(O)CN1C(=O)C2(CC(=O)N(Cc3ccccc3F)C2=O)c2cc(Cl)ccc21. The van der Waals surface area contributed by atoms with Crippen molar-refractivity contribution in [2.45, 2.75) is 36.8 Å². The summed E-state index contributed by atoms with van der Waals surface area (Å²) in [7, 11) is 0. The van der Waals surface area contributed by atoms with Gasteiger partial charge in [-0.1, -0.05) is 70.7 Å². The maximum absolute atomic E-state index is 14.0. The topological polar surface area (TPSA) is 190 Å². The Balaban J connectivity index is 0.000000179. The summed E-state index contributed by atoms with van der Waals surface area (Å²) in [6, 6.07) is 19.1. The van der Waals surface area contributed by atoms with Crippen molar-refractivity contribution < 1.29 is 53.0 Å². The lowest BCUT2D eigenvalue weighted by molar-refractivity contribution is -0.144. The minimum Gasteiger partial charge on any atom is -0.480 e. The van der Waals surface area contributed by atoms with Gasteiger partial charge in [0.25, 0.3) is 0 Å². The van der Waals surface area contributed by atoms with E-state index in [-0.39, 0.29) is 56.2 Å². The predicted molar refractivity (Wildman–Crippen MR) is 209 cm³/mol. The largest absolute Gasteiger partial charge is 0.480 e. The monoisotopic (exact) mass is 882 g/mol. The lowest BCUT2D eigenvalue weighted by Crippen LogP contribution is -2.47. The van der Waals surface area contributed by atoms with Gasteiger partial charge in [0.2, 0.25) is 35.4 Å². The molecule has 0 aliphatic carbocycles. The highest BCUT2D eigenvalue weighted by molar-refractivity contribution is 6.42. The molecule has 2 N–H and O–H groups in total. The van der Waals surface area contributed by atoms with E-state index in [2.05, 4.69) is 0 Å². The third kappa shape index (κ3) is 6.87. The number of likely N-dealkylation sites (tertiary alicyclic amines) is 2. The number of carbonyl (C=O) groups excluding carboxylic acids is 6. The zero-order chi connectivity index (χ0) is 42.7. The molecule has 0 saturated carbocycles. The van der Waals surface area contributed by atoms with Crippen molar-refractivity contribution in [1.29, 1.82) is 0 Å². The summed E-state index contributed by atoms with van der Waals surface area (Å²) in [6.07, 6.45) is -0.877. The molecule has 2 unspecified atom stereocenters. The summed E-state index contributed by atoms with van der Waals surface area (Å²) < 4.78 is 14.0. The number of amides is 6. The lowest BCUT2D eigenvalue weighted by Gasteiger charge is -2.22. The molecule has 6 amide bonds. The summed E-state index contributed by atoms with van der Waals surface area (Å²) in [5.41, 5.74) is -2.14. The average molecular weight is 884 g/mol. The van der Waals surface area contributed by atoms with E-state index in [9.17, 15) is 53.0 Å². The van der Waals surface area contributed by atoms with Gasteiger partial charge in [-0.05, 0) is 60.2 Å². The molecule has 4 heterocycles. The standard InChI is InChI=1S/C20H13Cl3N2O5.C20H14ClFN2O5/c21-11-2-4-15-12(6-11)20(18(29)24(15)9-17(27)28)7-16(26)25(19(20)30)8-10-1-3-13(22)14(23)5-10;21-12-5-6-15-13(7-12)20(18(28)23(15)10-17(26)27)8-16(25)24(19(20)29)9-11-3-1-2-4-14(11)22/h1-6H,7-9H2,(H,27,28);1-7H,8-10H2,(H,26,27). The molecule has 4 aromatic carbocycles. The first-order chi connectivity index (χ1) is 27.9. The Morgan fingerprint density at radius 3 is 1.49 bits per heavy atom. The Kier molecular flexibility index (Phi) is 10.8. The number of hydrogen-bond acceptors (Lipinski definition) is 8. The Hall–Kier alpha value is -5.87. The second-order valence-corrected chi connectivity index (χ2v) is 15.7. The van der Waals surface area contributed by atoms with Crippen LogP contribution in [0.4, 0.5) is 15.8 Å². The number of carboxylic acids is 2. The number of fused-ring (bicyclic) bond motifs is 4. The molecule has 4 aliphatic rings. The molecule has 2 spiro atoms. The Morgan fingerprint density at radius 1 is 0.576 bits per heavy atom. The summed E-state index contributed by atoms with van der Waals surface area (Å²) in [5, 5.41) is 19.5. The quantitative estimate of drug-likeness (QED) is 0.172. The van der Waals surface area contributed by atoms with Crippen molar-refractivity contribution >= 4 is 105 Å². The third-order valence-electron chi connectivity index (χ3n) is 10.5. The second kappa shape index (κ2) is 15.4. The Bertz CT molecular complexity index is 2570. The fourth-order valence-corrected chi connectivity index (χ4v) is 8.51. The molecule has 0 bridgehead atoms. The van der Waals surface area contributed by atoms with Gasteiger partial charge in [0.05, 0.1) is 36.0 Å². The molecule has 4 aromatic rings. The molecule has 2 saturated heterocycles. The summed E-state index contributed by atoms with van der Waals surface area (Å²) in [4.78, 5) is 105. The minimum absolute atomic E-state index is 0.0988. The minimum atomic E-state index is -1.89. The summed E-state index contributed by atoms with van der Waals surface area (Å²) >= 11 is 24.1. The van der Waals surface area contributed by atoms with E-state index in [0.717, 1.165) is 19.6 Å². The molecule has 19 heteroatoms. The molecule has 4 aliphatic heterocycles. The van der Waals surface area contributed by atoms with Crippen molar-refractivity contribution in [3.8, 4) is 0 Å². The number of imide groups is 2. The molecule has 2 fully saturated rings. The highest BCUT2D eigenvalue weighted by Gasteiger charge is 2.65. The van der Waals surface area contributed by atoms with Crippen LogP contribution in [0.25, 0.3) is 0 Å². The van der Waals surface area contributed by atoms with Crippen molar-refractivity contribution in [1.82, 2.24) is 9.80 Å². The fourth-order valence-electron chi connectivity index (χ4n) is 7.84. The van der Waals surface area contributed by atoms with E-state index in [1.54, 1.807) is 18.2 Å². The Morgan fingerprint density at radius 2 is 1.03 bits per heavy atom. The number of carbonyl (C=O) groups is 8. The van der Waals surface area contributed by atoms with Gasteiger partial charge in [-0.3, -0.25) is 58.0 Å². The molecule has 14 nitrogen and oxygen atoms in total. The van der Waals surface area contributed by atoms with Crippen LogP contribution in [0.15, 0.2) is 78.9 Å². The van der Waals surface area contributed by atoms with Gasteiger partial charge < -0.3 is 10.2 Å². The molecule has 2 atom stereocenters. The van der Waals surface area contributed by atoms with E-state index < -0.39 is 90.0 Å². The zero-order valence-corrected chi connectivity index (χ0v) is 33.1. The second-order valence-electron chi connectivity index (χ2n) is 14.0. The molecule has 0 aromatic heterocycles. The lowest BCUT2D eigenvalue weighted by atomic mass is 9.80. The van der Waals surface area contributed by atoms with Gasteiger partial charge in [0.15, 0.2) is 10.8 Å². The average Bonchev–Trinajstić information content (AvgIpc) is 3.75. The maximum atomic E-state index is 14.0. The van der Waals surface area contributed by atoms with Crippen molar-refractivity contribution in [3.63, 3.8) is 0 Å². The van der Waals surface area contributed by atoms with Crippen LogP contribution in [-0.4, -0.2) is 80.5 Å². The third-order valence-corrected chi connectivity index (χ3v) is 11.7. The number of anilines is 2. The van der Waals surface area contributed by atoms with Gasteiger partial charge in [-0.15, -0.1) is 0 Å². The van der Waals surface area contributed by atoms with E-state index >= 15 is 0 Å². The van der Waals surface area contributed by atoms with Gasteiger partial charge in [0, 0.05) is 38.1 Å². The predicted octanol–water partition coefficient (Wildman–Crippen LogP) is 5.38. The number of rotatable bonds is 8. The van der Waals surface area contributed by atoms with E-state index in [1.165, 1.54) is 60.7 Å². The van der Waals surface area contributed by atoms with Crippen LogP contribution < -0.4 is 9.80 Å². The zero-order valence-electron chi connectivity index (χ0n) is 30.1. The van der Waals surface area contributed by atoms with Crippen molar-refractivity contribution in [2.24, 2.45) is 0 Å². The van der Waals surface area contributed by atoms with Crippen LogP contribution >= 0.6 is 46.4 Å². The van der Waals surface area contributed by atoms with Crippen LogP contribution in [0, 0.1) is 5.82 Å². The van der Waals surface area contributed by atoms with Crippen LogP contribution in [0.2, 0.25) is 20.1 Å². The number of carboxylic acid groups (broad SMARTS) is 2. The van der Waals surface area contributed by atoms with Gasteiger partial charge in [-0.25, -0.2) is 4.39 Å². The molecule has 8 rings (SSSR count). The number of halogens is 5. The van der Waals surface area contributed by atoms with E-state index in [1.807, 2.05) is 0 Å². The van der Waals surface area contributed by atoms with Crippen LogP contribution in [0.5, 0.6) is 0 Å². The fraction of sp³-hybridized carbons (Fsp3) is 0.200. The highest BCUT2D eigenvalue weighted by Crippen LogP contribution is 2.51. The molecule has 59 heavy (non-hydrogen) atoms. The summed E-state index contributed by atoms with van der Waals surface area (Å²) in [6.45, 7) is -1.72. The van der Waals surface area contributed by atoms with Crippen LogP contribution in [0.1, 0.15) is 35.1 Å².